The summed E-state index contributed by atoms with van der Waals surface area (Å²) in [5.74, 6) is -0.0685. The lowest BCUT2D eigenvalue weighted by molar-refractivity contribution is 0.0600. The van der Waals surface area contributed by atoms with Gasteiger partial charge in [0, 0.05) is 22.2 Å². The van der Waals surface area contributed by atoms with Crippen LogP contribution in [0, 0.1) is 0 Å². The summed E-state index contributed by atoms with van der Waals surface area (Å²) < 4.78 is 15.1. The van der Waals surface area contributed by atoms with E-state index >= 15 is 0 Å². The van der Waals surface area contributed by atoms with Crippen molar-refractivity contribution >= 4 is 29.2 Å². The van der Waals surface area contributed by atoms with Crippen molar-refractivity contribution in [1.82, 2.24) is 34.6 Å². The van der Waals surface area contributed by atoms with Crippen molar-refractivity contribution in [2.75, 3.05) is 14.2 Å². The second-order valence-electron chi connectivity index (χ2n) is 8.67. The van der Waals surface area contributed by atoms with Crippen LogP contribution in [0.15, 0.2) is 71.9 Å². The summed E-state index contributed by atoms with van der Waals surface area (Å²) in [7, 11) is 2.83. The molecule has 0 saturated carbocycles. The van der Waals surface area contributed by atoms with Gasteiger partial charge >= 0.3 is 5.97 Å². The number of hydrogen-bond donors (Lipinski definition) is 0. The highest BCUT2D eigenvalue weighted by Crippen LogP contribution is 2.36. The lowest BCUT2D eigenvalue weighted by atomic mass is 10.0. The lowest BCUT2D eigenvalue weighted by Crippen LogP contribution is -2.25. The highest BCUT2D eigenvalue weighted by Gasteiger charge is 2.23. The van der Waals surface area contributed by atoms with E-state index in [1.54, 1.807) is 65.6 Å². The minimum Gasteiger partial charge on any atom is -0.495 e. The highest BCUT2D eigenvalue weighted by molar-refractivity contribution is 6.31. The molecule has 0 fully saturated rings. The average Bonchev–Trinajstić information content (AvgIpc) is 3.63. The molecule has 13 heteroatoms. The molecule has 1 atom stereocenters. The molecular weight excluding hydrogens is 557 g/mol. The van der Waals surface area contributed by atoms with E-state index in [4.69, 9.17) is 32.7 Å². The van der Waals surface area contributed by atoms with E-state index in [9.17, 15) is 9.59 Å². The summed E-state index contributed by atoms with van der Waals surface area (Å²) in [5.41, 5.74) is 2.80. The summed E-state index contributed by atoms with van der Waals surface area (Å²) in [5, 5.41) is 17.1. The fraction of sp³-hybridized carbons (Fsp3) is 0.185. The van der Waals surface area contributed by atoms with Crippen molar-refractivity contribution < 1.29 is 14.3 Å². The number of carbonyl (C=O) groups excluding carboxylic acids is 1. The first kappa shape index (κ1) is 27.1. The van der Waals surface area contributed by atoms with Gasteiger partial charge in [-0.1, -0.05) is 52.7 Å². The van der Waals surface area contributed by atoms with E-state index in [-0.39, 0.29) is 10.7 Å². The van der Waals surface area contributed by atoms with E-state index in [0.717, 1.165) is 0 Å². The average molecular weight is 580 g/mol. The Balaban J connectivity index is 1.58. The fourth-order valence-electron chi connectivity index (χ4n) is 4.48. The maximum absolute atomic E-state index is 13.6. The van der Waals surface area contributed by atoms with Crippen molar-refractivity contribution in [2.45, 2.75) is 19.4 Å². The van der Waals surface area contributed by atoms with Gasteiger partial charge in [-0.15, -0.1) is 10.2 Å². The first-order valence-electron chi connectivity index (χ1n) is 12.1. The van der Waals surface area contributed by atoms with Crippen LogP contribution in [0.25, 0.3) is 22.5 Å². The maximum Gasteiger partial charge on any atom is 0.340 e. The Morgan fingerprint density at radius 3 is 2.38 bits per heavy atom. The molecule has 5 rings (SSSR count). The number of ether oxygens (including phenoxy) is 2. The van der Waals surface area contributed by atoms with E-state index in [1.165, 1.54) is 29.6 Å². The van der Waals surface area contributed by atoms with Gasteiger partial charge in [-0.2, -0.15) is 0 Å². The number of aromatic nitrogens is 7. The highest BCUT2D eigenvalue weighted by atomic mass is 35.5. The quantitative estimate of drug-likeness (QED) is 0.241. The zero-order valence-electron chi connectivity index (χ0n) is 21.7. The van der Waals surface area contributed by atoms with Gasteiger partial charge in [-0.3, -0.25) is 4.79 Å². The topological polar surface area (TPSA) is 119 Å². The Labute approximate surface area is 238 Å². The number of halogens is 2. The number of carbonyl (C=O) groups is 1. The van der Waals surface area contributed by atoms with Crippen LogP contribution in [0.2, 0.25) is 10.2 Å². The van der Waals surface area contributed by atoms with Crippen molar-refractivity contribution in [3.8, 4) is 28.3 Å². The number of hydrogen-bond acceptors (Lipinski definition) is 8. The van der Waals surface area contributed by atoms with Crippen LogP contribution < -0.4 is 10.3 Å². The molecule has 0 N–H and O–H groups in total. The first-order chi connectivity index (χ1) is 19.3. The van der Waals surface area contributed by atoms with Crippen LogP contribution in [0.5, 0.6) is 5.75 Å². The molecule has 1 unspecified atom stereocenters. The standard InChI is InChI=1S/C27H23Cl2N7O4/c1-4-21(20-13-35(32-30-20)22-8-6-5-7-17(22)27(38)40-3)34-14-24(39-2)19(12-26(34)37)18-11-16(28)9-10-23(18)36-15-25(29)31-33-36/h5-15,21H,4H2,1-3H3. The third kappa shape index (κ3) is 5.08. The van der Waals surface area contributed by atoms with Gasteiger partial charge in [0.25, 0.3) is 5.56 Å². The third-order valence-corrected chi connectivity index (χ3v) is 6.76. The molecule has 3 aromatic heterocycles. The van der Waals surface area contributed by atoms with E-state index in [2.05, 4.69) is 20.6 Å². The number of pyridine rings is 1. The molecule has 0 aliphatic carbocycles. The van der Waals surface area contributed by atoms with Gasteiger partial charge in [-0.25, -0.2) is 14.2 Å². The van der Waals surface area contributed by atoms with E-state index in [0.29, 0.717) is 51.0 Å². The lowest BCUT2D eigenvalue weighted by Gasteiger charge is -2.19. The van der Waals surface area contributed by atoms with Gasteiger partial charge < -0.3 is 14.0 Å². The summed E-state index contributed by atoms with van der Waals surface area (Å²) in [6, 6.07) is 13.1. The first-order valence-corrected chi connectivity index (χ1v) is 12.9. The Morgan fingerprint density at radius 2 is 1.68 bits per heavy atom. The molecule has 0 spiro atoms. The largest absolute Gasteiger partial charge is 0.495 e. The predicted octanol–water partition coefficient (Wildman–Crippen LogP) is 4.78. The summed E-state index contributed by atoms with van der Waals surface area (Å²) in [6.07, 6.45) is 5.40. The molecule has 0 saturated heterocycles. The number of methoxy groups -OCH3 is 2. The second kappa shape index (κ2) is 11.3. The molecule has 5 aromatic rings. The number of nitrogens with zero attached hydrogens (tertiary/aromatic N) is 7. The van der Waals surface area contributed by atoms with E-state index < -0.39 is 12.0 Å². The van der Waals surface area contributed by atoms with Crippen LogP contribution in [0.4, 0.5) is 0 Å². The van der Waals surface area contributed by atoms with Crippen molar-refractivity contribution in [1.29, 1.82) is 0 Å². The molecule has 0 radical (unpaired) electrons. The normalized spacial score (nSPS) is 11.8. The molecule has 2 aromatic carbocycles. The van der Waals surface area contributed by atoms with Crippen molar-refractivity contribution in [2.24, 2.45) is 0 Å². The molecule has 3 heterocycles. The summed E-state index contributed by atoms with van der Waals surface area (Å²) >= 11 is 12.3. The zero-order valence-corrected chi connectivity index (χ0v) is 23.2. The fourth-order valence-corrected chi connectivity index (χ4v) is 4.78. The molecule has 204 valence electrons. The van der Waals surface area contributed by atoms with Crippen LogP contribution >= 0.6 is 23.2 Å². The molecule has 0 bridgehead atoms. The Kier molecular flexibility index (Phi) is 7.67. The Morgan fingerprint density at radius 1 is 0.925 bits per heavy atom. The van der Waals surface area contributed by atoms with Crippen LogP contribution in [0.3, 0.4) is 0 Å². The molecule has 0 aliphatic rings. The smallest absolute Gasteiger partial charge is 0.340 e. The molecule has 0 aliphatic heterocycles. The van der Waals surface area contributed by atoms with Crippen LogP contribution in [-0.2, 0) is 4.74 Å². The maximum atomic E-state index is 13.6. The minimum absolute atomic E-state index is 0.219. The molecule has 0 amide bonds. The zero-order chi connectivity index (χ0) is 28.4. The Hall–Kier alpha value is -4.48. The number of para-hydroxylation sites is 1. The second-order valence-corrected chi connectivity index (χ2v) is 9.49. The molecular formula is C27H23Cl2N7O4. The number of esters is 1. The predicted molar refractivity (Wildman–Crippen MR) is 149 cm³/mol. The van der Waals surface area contributed by atoms with Crippen LogP contribution in [0.1, 0.15) is 35.4 Å². The SMILES string of the molecule is CCC(c1cn(-c2ccccc2C(=O)OC)nn1)n1cc(OC)c(-c2cc(Cl)ccc2-n2cc(Cl)nn2)cc1=O. The van der Waals surface area contributed by atoms with Gasteiger partial charge in [0.05, 0.1) is 55.8 Å². The summed E-state index contributed by atoms with van der Waals surface area (Å²) in [4.78, 5) is 25.8. The van der Waals surface area contributed by atoms with Crippen LogP contribution in [-0.4, -0.2) is 54.7 Å². The van der Waals surface area contributed by atoms with Gasteiger partial charge in [-0.05, 0) is 36.8 Å². The summed E-state index contributed by atoms with van der Waals surface area (Å²) in [6.45, 7) is 1.93. The molecule has 11 nitrogen and oxygen atoms in total. The van der Waals surface area contributed by atoms with Gasteiger partial charge in [0.1, 0.15) is 11.4 Å². The van der Waals surface area contributed by atoms with E-state index in [1.807, 2.05) is 6.92 Å². The monoisotopic (exact) mass is 579 g/mol. The number of rotatable bonds is 8. The Bertz CT molecular complexity index is 1760. The van der Waals surface area contributed by atoms with Crippen molar-refractivity contribution in [3.05, 3.63) is 98.9 Å². The molecule has 40 heavy (non-hydrogen) atoms. The third-order valence-electron chi connectivity index (χ3n) is 6.36. The number of benzene rings is 2. The van der Waals surface area contributed by atoms with Crippen molar-refractivity contribution in [3.63, 3.8) is 0 Å². The van der Waals surface area contributed by atoms with Gasteiger partial charge in [0.2, 0.25) is 0 Å². The van der Waals surface area contributed by atoms with Gasteiger partial charge in [0.15, 0.2) is 5.15 Å². The minimum atomic E-state index is -0.496.